The smallest absolute Gasteiger partial charge is 0.256 e. The largest absolute Gasteiger partial charge is 0.501 e. The lowest BCUT2D eigenvalue weighted by Gasteiger charge is -2.39. The van der Waals surface area contributed by atoms with Crippen molar-refractivity contribution in [2.24, 2.45) is 4.99 Å². The number of allylic oxidation sites excluding steroid dienone is 1. The molecule has 0 saturated carbocycles. The van der Waals surface area contributed by atoms with Gasteiger partial charge in [-0.2, -0.15) is 15.0 Å². The van der Waals surface area contributed by atoms with Crippen LogP contribution in [-0.2, 0) is 9.47 Å². The quantitative estimate of drug-likeness (QED) is 0.415. The molecule has 31 heavy (non-hydrogen) atoms. The van der Waals surface area contributed by atoms with E-state index < -0.39 is 0 Å². The molecular formula is C22H27N5O4. The molecule has 9 nitrogen and oxygen atoms in total. The standard InChI is InChI=1S/C22H27N5O4/c1-4-23-21(13-16(2)30-3)31-18-10-9-17(15-28)26(14-18)22(29)19-7-5-6-8-20(19)27-24-11-12-25-27/h4-8,11-13,17-18,28H,1,9-10,14-15H2,2-3H3/b16-13+,23-21?/t17-,18+/m0/s1. The van der Waals surface area contributed by atoms with Gasteiger partial charge in [0.2, 0.25) is 5.90 Å². The molecule has 1 aliphatic heterocycles. The molecule has 1 N–H and O–H groups in total. The number of methoxy groups -OCH3 is 1. The average molecular weight is 425 g/mol. The molecule has 3 rings (SSSR count). The summed E-state index contributed by atoms with van der Waals surface area (Å²) in [5.41, 5.74) is 1.03. The number of carbonyl (C=O) groups is 1. The van der Waals surface area contributed by atoms with Crippen LogP contribution < -0.4 is 0 Å². The first-order valence-electron chi connectivity index (χ1n) is 10.0. The van der Waals surface area contributed by atoms with Crippen molar-refractivity contribution in [3.8, 4) is 5.69 Å². The first-order chi connectivity index (χ1) is 15.1. The number of carbonyl (C=O) groups excluding carboxylic acids is 1. The monoisotopic (exact) mass is 425 g/mol. The summed E-state index contributed by atoms with van der Waals surface area (Å²) in [4.78, 5) is 20.7. The van der Waals surface area contributed by atoms with Crippen molar-refractivity contribution >= 4 is 11.8 Å². The highest BCUT2D eigenvalue weighted by atomic mass is 16.5. The minimum Gasteiger partial charge on any atom is -0.501 e. The molecule has 2 heterocycles. The van der Waals surface area contributed by atoms with E-state index in [1.54, 1.807) is 55.6 Å². The molecule has 1 saturated heterocycles. The van der Waals surface area contributed by atoms with Gasteiger partial charge in [-0.15, -0.1) is 0 Å². The number of piperidine rings is 1. The maximum Gasteiger partial charge on any atom is 0.256 e. The molecule has 1 aromatic heterocycles. The number of aliphatic hydroxyl groups excluding tert-OH is 1. The van der Waals surface area contributed by atoms with E-state index in [2.05, 4.69) is 21.8 Å². The number of aliphatic hydroxyl groups is 1. The van der Waals surface area contributed by atoms with Gasteiger partial charge in [-0.25, -0.2) is 4.99 Å². The lowest BCUT2D eigenvalue weighted by atomic mass is 9.98. The Labute approximate surface area is 181 Å². The maximum absolute atomic E-state index is 13.5. The molecule has 2 atom stereocenters. The predicted octanol–water partition coefficient (Wildman–Crippen LogP) is 2.34. The molecule has 2 aromatic rings. The van der Waals surface area contributed by atoms with Crippen molar-refractivity contribution in [1.82, 2.24) is 19.9 Å². The zero-order valence-corrected chi connectivity index (χ0v) is 17.7. The number of hydrogen-bond acceptors (Lipinski definition) is 7. The van der Waals surface area contributed by atoms with Gasteiger partial charge in [0.1, 0.15) is 6.10 Å². The molecule has 1 aliphatic rings. The third-order valence-corrected chi connectivity index (χ3v) is 5.06. The van der Waals surface area contributed by atoms with Crippen molar-refractivity contribution in [2.45, 2.75) is 31.9 Å². The number of para-hydroxylation sites is 1. The van der Waals surface area contributed by atoms with E-state index in [0.717, 1.165) is 0 Å². The molecule has 9 heteroatoms. The first-order valence-corrected chi connectivity index (χ1v) is 10.0. The number of hydrogen-bond donors (Lipinski definition) is 1. The molecule has 0 spiro atoms. The zero-order chi connectivity index (χ0) is 22.2. The number of aliphatic imine (C=N–C) groups is 1. The highest BCUT2D eigenvalue weighted by molar-refractivity contribution is 5.98. The number of likely N-dealkylation sites (tertiary alicyclic amines) is 1. The second kappa shape index (κ2) is 10.5. The van der Waals surface area contributed by atoms with E-state index >= 15 is 0 Å². The minimum absolute atomic E-state index is 0.128. The molecule has 0 unspecified atom stereocenters. The van der Waals surface area contributed by atoms with Crippen LogP contribution in [0.1, 0.15) is 30.1 Å². The van der Waals surface area contributed by atoms with E-state index in [9.17, 15) is 9.90 Å². The Balaban J connectivity index is 1.84. The van der Waals surface area contributed by atoms with Gasteiger partial charge in [0.15, 0.2) is 0 Å². The summed E-state index contributed by atoms with van der Waals surface area (Å²) >= 11 is 0. The van der Waals surface area contributed by atoms with Crippen LogP contribution in [0, 0.1) is 0 Å². The number of aromatic nitrogens is 3. The van der Waals surface area contributed by atoms with Crippen molar-refractivity contribution in [3.63, 3.8) is 0 Å². The van der Waals surface area contributed by atoms with Crippen LogP contribution in [0.15, 0.2) is 66.3 Å². The van der Waals surface area contributed by atoms with E-state index in [0.29, 0.717) is 42.3 Å². The van der Waals surface area contributed by atoms with Crippen LogP contribution in [0.3, 0.4) is 0 Å². The Hall–Kier alpha value is -3.46. The van der Waals surface area contributed by atoms with Gasteiger partial charge in [-0.05, 0) is 31.9 Å². The second-order valence-corrected chi connectivity index (χ2v) is 7.06. The van der Waals surface area contributed by atoms with E-state index in [-0.39, 0.29) is 24.7 Å². The lowest BCUT2D eigenvalue weighted by Crippen LogP contribution is -2.51. The topological polar surface area (TPSA) is 102 Å². The van der Waals surface area contributed by atoms with Gasteiger partial charge in [0, 0.05) is 12.3 Å². The lowest BCUT2D eigenvalue weighted by molar-refractivity contribution is 0.0182. The van der Waals surface area contributed by atoms with Crippen molar-refractivity contribution in [1.29, 1.82) is 0 Å². The Morgan fingerprint density at radius 3 is 2.74 bits per heavy atom. The third kappa shape index (κ3) is 5.37. The van der Waals surface area contributed by atoms with Crippen molar-refractivity contribution in [2.75, 3.05) is 20.3 Å². The summed E-state index contributed by atoms with van der Waals surface area (Å²) in [6.07, 6.45) is 7.16. The molecule has 1 fully saturated rings. The third-order valence-electron chi connectivity index (χ3n) is 5.06. The minimum atomic E-state index is -0.304. The molecule has 1 amide bonds. The van der Waals surface area contributed by atoms with E-state index in [4.69, 9.17) is 9.47 Å². The normalized spacial score (nSPS) is 19.8. The highest BCUT2D eigenvalue weighted by Gasteiger charge is 2.34. The van der Waals surface area contributed by atoms with E-state index in [1.807, 2.05) is 6.07 Å². The summed E-state index contributed by atoms with van der Waals surface area (Å²) in [6.45, 7) is 5.59. The van der Waals surface area contributed by atoms with Crippen LogP contribution in [0.2, 0.25) is 0 Å². The van der Waals surface area contributed by atoms with Gasteiger partial charge in [0.05, 0.1) is 55.7 Å². The number of benzene rings is 1. The summed E-state index contributed by atoms with van der Waals surface area (Å²) in [7, 11) is 1.57. The SMILES string of the molecule is C=CN=C(/C=C(\C)OC)O[C@@H]1CC[C@@H](CO)N(C(=O)c2ccccc2-n2nccn2)C1. The molecule has 1 aromatic carbocycles. The molecular weight excluding hydrogens is 398 g/mol. The molecule has 0 radical (unpaired) electrons. The van der Waals surface area contributed by atoms with Crippen LogP contribution in [0.25, 0.3) is 5.69 Å². The fraction of sp³-hybridized carbons (Fsp3) is 0.364. The Morgan fingerprint density at radius 1 is 1.32 bits per heavy atom. The number of ether oxygens (including phenoxy) is 2. The Bertz CT molecular complexity index is 955. The highest BCUT2D eigenvalue weighted by Crippen LogP contribution is 2.24. The van der Waals surface area contributed by atoms with Crippen LogP contribution in [0.4, 0.5) is 0 Å². The number of rotatable bonds is 7. The summed E-state index contributed by atoms with van der Waals surface area (Å²) in [5.74, 6) is 0.777. The zero-order valence-electron chi connectivity index (χ0n) is 17.7. The van der Waals surface area contributed by atoms with E-state index in [1.165, 1.54) is 11.0 Å². The summed E-state index contributed by atoms with van der Waals surface area (Å²) in [5, 5.41) is 18.2. The maximum atomic E-state index is 13.5. The second-order valence-electron chi connectivity index (χ2n) is 7.06. The fourth-order valence-corrected chi connectivity index (χ4v) is 3.45. The van der Waals surface area contributed by atoms with Gasteiger partial charge >= 0.3 is 0 Å². The molecule has 164 valence electrons. The van der Waals surface area contributed by atoms with Gasteiger partial charge in [-0.1, -0.05) is 18.7 Å². The number of amides is 1. The van der Waals surface area contributed by atoms with Crippen molar-refractivity contribution < 1.29 is 19.4 Å². The Morgan fingerprint density at radius 2 is 2.06 bits per heavy atom. The Kier molecular flexibility index (Phi) is 7.55. The van der Waals surface area contributed by atoms with Crippen molar-refractivity contribution in [3.05, 3.63) is 66.8 Å². The van der Waals surface area contributed by atoms with Crippen LogP contribution in [0.5, 0.6) is 0 Å². The molecule has 0 bridgehead atoms. The first kappa shape index (κ1) is 22.2. The number of nitrogens with zero attached hydrogens (tertiary/aromatic N) is 5. The predicted molar refractivity (Wildman–Crippen MR) is 116 cm³/mol. The van der Waals surface area contributed by atoms with Gasteiger partial charge in [0.25, 0.3) is 5.91 Å². The van der Waals surface area contributed by atoms with Crippen LogP contribution in [-0.4, -0.2) is 69.2 Å². The van der Waals surface area contributed by atoms with Gasteiger partial charge in [-0.3, -0.25) is 4.79 Å². The summed E-state index contributed by atoms with van der Waals surface area (Å²) < 4.78 is 11.2. The molecule has 0 aliphatic carbocycles. The average Bonchev–Trinajstić information content (AvgIpc) is 3.33. The van der Waals surface area contributed by atoms with Gasteiger partial charge < -0.3 is 19.5 Å². The fourth-order valence-electron chi connectivity index (χ4n) is 3.45. The summed E-state index contributed by atoms with van der Waals surface area (Å²) in [6, 6.07) is 6.83. The van der Waals surface area contributed by atoms with Crippen LogP contribution >= 0.6 is 0 Å².